The van der Waals surface area contributed by atoms with Gasteiger partial charge >= 0.3 is 0 Å². The zero-order valence-electron chi connectivity index (χ0n) is 11.4. The summed E-state index contributed by atoms with van der Waals surface area (Å²) in [7, 11) is 1.59. The third-order valence-corrected chi connectivity index (χ3v) is 3.53. The summed E-state index contributed by atoms with van der Waals surface area (Å²) >= 11 is 6.10. The van der Waals surface area contributed by atoms with Crippen LogP contribution in [0, 0.1) is 5.92 Å². The first-order chi connectivity index (χ1) is 9.20. The van der Waals surface area contributed by atoms with Gasteiger partial charge in [-0.15, -0.1) is 12.4 Å². The molecule has 1 saturated carbocycles. The lowest BCUT2D eigenvalue weighted by molar-refractivity contribution is -0.120. The average Bonchev–Trinajstić information content (AvgIpc) is 3.21. The van der Waals surface area contributed by atoms with Crippen molar-refractivity contribution in [2.75, 3.05) is 20.2 Å². The number of carbonyl (C=O) groups excluding carboxylic acids is 1. The monoisotopic (exact) mass is 318 g/mol. The maximum Gasteiger partial charge on any atom is 0.234 e. The minimum absolute atomic E-state index is 0. The Labute approximate surface area is 130 Å². The molecule has 2 N–H and O–H groups in total. The van der Waals surface area contributed by atoms with E-state index in [1.54, 1.807) is 13.2 Å². The molecule has 0 radical (unpaired) electrons. The third-order valence-electron chi connectivity index (χ3n) is 3.17. The van der Waals surface area contributed by atoms with Crippen LogP contribution in [-0.2, 0) is 11.3 Å². The Morgan fingerprint density at radius 2 is 2.20 bits per heavy atom. The number of nitrogens with one attached hydrogen (secondary N) is 2. The van der Waals surface area contributed by atoms with Crippen LogP contribution in [0.25, 0.3) is 0 Å². The number of rotatable bonds is 7. The van der Waals surface area contributed by atoms with Gasteiger partial charge in [-0.05, 0) is 37.4 Å². The first kappa shape index (κ1) is 17.1. The van der Waals surface area contributed by atoms with E-state index in [0.717, 1.165) is 18.0 Å². The second-order valence-corrected chi connectivity index (χ2v) is 5.18. The van der Waals surface area contributed by atoms with Gasteiger partial charge in [0.25, 0.3) is 0 Å². The van der Waals surface area contributed by atoms with Gasteiger partial charge in [-0.3, -0.25) is 4.79 Å². The molecule has 1 amide bonds. The predicted molar refractivity (Wildman–Crippen MR) is 82.7 cm³/mol. The lowest BCUT2D eigenvalue weighted by Gasteiger charge is -2.11. The molecule has 1 fully saturated rings. The predicted octanol–water partition coefficient (Wildman–Crippen LogP) is 2.39. The summed E-state index contributed by atoms with van der Waals surface area (Å²) < 4.78 is 5.23. The van der Waals surface area contributed by atoms with Crippen molar-refractivity contribution in [2.45, 2.75) is 19.4 Å². The lowest BCUT2D eigenvalue weighted by Crippen LogP contribution is -2.34. The molecule has 0 aliphatic heterocycles. The second-order valence-electron chi connectivity index (χ2n) is 4.77. The van der Waals surface area contributed by atoms with Crippen molar-refractivity contribution in [3.05, 3.63) is 28.8 Å². The van der Waals surface area contributed by atoms with Crippen LogP contribution >= 0.6 is 24.0 Å². The Hall–Kier alpha value is -0.970. The molecular weight excluding hydrogens is 299 g/mol. The molecule has 0 heterocycles. The second kappa shape index (κ2) is 8.35. The maximum atomic E-state index is 11.7. The summed E-state index contributed by atoms with van der Waals surface area (Å²) in [4.78, 5) is 11.7. The van der Waals surface area contributed by atoms with E-state index in [-0.39, 0.29) is 18.3 Å². The van der Waals surface area contributed by atoms with Gasteiger partial charge in [-0.25, -0.2) is 0 Å². The minimum atomic E-state index is -0.0253. The van der Waals surface area contributed by atoms with Gasteiger partial charge in [0, 0.05) is 17.1 Å². The Balaban J connectivity index is 0.00000200. The quantitative estimate of drug-likeness (QED) is 0.811. The van der Waals surface area contributed by atoms with Crippen LogP contribution in [0.15, 0.2) is 18.2 Å². The van der Waals surface area contributed by atoms with Crippen molar-refractivity contribution in [1.82, 2.24) is 10.6 Å². The van der Waals surface area contributed by atoms with Crippen molar-refractivity contribution in [1.29, 1.82) is 0 Å². The van der Waals surface area contributed by atoms with Crippen LogP contribution in [0.4, 0.5) is 0 Å². The van der Waals surface area contributed by atoms with E-state index in [1.807, 2.05) is 12.1 Å². The molecule has 1 aliphatic carbocycles. The van der Waals surface area contributed by atoms with Crippen LogP contribution < -0.4 is 15.4 Å². The third kappa shape index (κ3) is 5.19. The van der Waals surface area contributed by atoms with Crippen LogP contribution in [0.5, 0.6) is 5.75 Å². The van der Waals surface area contributed by atoms with E-state index in [1.165, 1.54) is 12.8 Å². The first-order valence-corrected chi connectivity index (χ1v) is 6.87. The topological polar surface area (TPSA) is 50.4 Å². The summed E-state index contributed by atoms with van der Waals surface area (Å²) in [5.74, 6) is 1.44. The SMILES string of the molecule is COc1cccc(Cl)c1CNC(=O)CNCC1CC1.Cl. The van der Waals surface area contributed by atoms with E-state index >= 15 is 0 Å². The number of methoxy groups -OCH3 is 1. The molecule has 0 saturated heterocycles. The van der Waals surface area contributed by atoms with Crippen molar-refractivity contribution in [3.8, 4) is 5.75 Å². The van der Waals surface area contributed by atoms with Crippen molar-refractivity contribution in [2.24, 2.45) is 5.92 Å². The van der Waals surface area contributed by atoms with Gasteiger partial charge in [-0.1, -0.05) is 17.7 Å². The standard InChI is InChI=1S/C14H19ClN2O2.ClH/c1-19-13-4-2-3-12(15)11(13)8-17-14(18)9-16-7-10-5-6-10;/h2-4,10,16H,5-9H2,1H3,(H,17,18);1H. The highest BCUT2D eigenvalue weighted by Gasteiger charge is 2.20. The zero-order valence-corrected chi connectivity index (χ0v) is 13.0. The molecular formula is C14H20Cl2N2O2. The maximum absolute atomic E-state index is 11.7. The van der Waals surface area contributed by atoms with Crippen molar-refractivity contribution >= 4 is 29.9 Å². The molecule has 0 aromatic heterocycles. The van der Waals surface area contributed by atoms with E-state index in [9.17, 15) is 4.79 Å². The molecule has 1 aliphatic rings. The van der Waals surface area contributed by atoms with Gasteiger partial charge in [0.15, 0.2) is 0 Å². The zero-order chi connectivity index (χ0) is 13.7. The van der Waals surface area contributed by atoms with Gasteiger partial charge in [0.1, 0.15) is 5.75 Å². The Bertz CT molecular complexity index is 451. The average molecular weight is 319 g/mol. The molecule has 2 rings (SSSR count). The molecule has 1 aromatic carbocycles. The highest BCUT2D eigenvalue weighted by Crippen LogP contribution is 2.27. The summed E-state index contributed by atoms with van der Waals surface area (Å²) in [5, 5.41) is 6.60. The first-order valence-electron chi connectivity index (χ1n) is 6.49. The fraction of sp³-hybridized carbons (Fsp3) is 0.500. The Kier molecular flexibility index (Phi) is 7.13. The molecule has 6 heteroatoms. The molecule has 0 spiro atoms. The number of ether oxygens (including phenoxy) is 1. The number of benzene rings is 1. The molecule has 0 bridgehead atoms. The summed E-state index contributed by atoms with van der Waals surface area (Å²) in [6.07, 6.45) is 2.57. The van der Waals surface area contributed by atoms with Gasteiger partial charge in [-0.2, -0.15) is 0 Å². The normalized spacial score (nSPS) is 13.5. The van der Waals surface area contributed by atoms with Crippen LogP contribution in [0.3, 0.4) is 0 Å². The van der Waals surface area contributed by atoms with E-state index < -0.39 is 0 Å². The van der Waals surface area contributed by atoms with Gasteiger partial charge < -0.3 is 15.4 Å². The highest BCUT2D eigenvalue weighted by molar-refractivity contribution is 6.31. The molecule has 20 heavy (non-hydrogen) atoms. The van der Waals surface area contributed by atoms with E-state index in [2.05, 4.69) is 10.6 Å². The van der Waals surface area contributed by atoms with Gasteiger partial charge in [0.05, 0.1) is 13.7 Å². The Morgan fingerprint density at radius 1 is 1.45 bits per heavy atom. The molecule has 0 atom stereocenters. The molecule has 112 valence electrons. The van der Waals surface area contributed by atoms with Gasteiger partial charge in [0.2, 0.25) is 5.91 Å². The summed E-state index contributed by atoms with van der Waals surface area (Å²) in [5.41, 5.74) is 0.808. The van der Waals surface area contributed by atoms with Crippen LogP contribution in [0.2, 0.25) is 5.02 Å². The van der Waals surface area contributed by atoms with E-state index in [4.69, 9.17) is 16.3 Å². The number of amides is 1. The molecule has 1 aromatic rings. The van der Waals surface area contributed by atoms with Crippen molar-refractivity contribution < 1.29 is 9.53 Å². The Morgan fingerprint density at radius 3 is 2.85 bits per heavy atom. The van der Waals surface area contributed by atoms with Crippen LogP contribution in [0.1, 0.15) is 18.4 Å². The number of carbonyl (C=O) groups is 1. The molecule has 4 nitrogen and oxygen atoms in total. The van der Waals surface area contributed by atoms with Crippen molar-refractivity contribution in [3.63, 3.8) is 0 Å². The lowest BCUT2D eigenvalue weighted by atomic mass is 10.2. The summed E-state index contributed by atoms with van der Waals surface area (Å²) in [6.45, 7) is 1.67. The number of halogens is 2. The minimum Gasteiger partial charge on any atom is -0.496 e. The smallest absolute Gasteiger partial charge is 0.234 e. The largest absolute Gasteiger partial charge is 0.496 e. The van der Waals surface area contributed by atoms with E-state index in [0.29, 0.717) is 23.9 Å². The summed E-state index contributed by atoms with van der Waals surface area (Å²) in [6, 6.07) is 5.44. The fourth-order valence-electron chi connectivity index (χ4n) is 1.86. The number of hydrogen-bond acceptors (Lipinski definition) is 3. The highest BCUT2D eigenvalue weighted by atomic mass is 35.5. The van der Waals surface area contributed by atoms with Crippen LogP contribution in [-0.4, -0.2) is 26.1 Å². The fourth-order valence-corrected chi connectivity index (χ4v) is 2.10. The number of hydrogen-bond donors (Lipinski definition) is 2. The molecule has 0 unspecified atom stereocenters.